The summed E-state index contributed by atoms with van der Waals surface area (Å²) in [5.74, 6) is 2.36. The molecular formula is C24H28N6O. The van der Waals surface area contributed by atoms with Gasteiger partial charge >= 0.3 is 0 Å². The largest absolute Gasteiger partial charge is 0.373 e. The smallest absolute Gasteiger partial charge is 0.162 e. The maximum Gasteiger partial charge on any atom is 0.162 e. The third-order valence-corrected chi connectivity index (χ3v) is 6.47. The number of hydrogen-bond donors (Lipinski definition) is 2. The number of rotatable bonds is 7. The molecule has 7 heteroatoms. The first kappa shape index (κ1) is 19.8. The first-order valence-electron chi connectivity index (χ1n) is 10.9. The molecule has 4 aromatic rings. The van der Waals surface area contributed by atoms with Crippen molar-refractivity contribution in [3.63, 3.8) is 0 Å². The number of nitrogens with zero attached hydrogens (tertiary/aromatic N) is 4. The van der Waals surface area contributed by atoms with Gasteiger partial charge in [0.05, 0.1) is 18.0 Å². The number of hydrogen-bond acceptors (Lipinski definition) is 6. The Balaban J connectivity index is 1.26. The highest BCUT2D eigenvalue weighted by Crippen LogP contribution is 2.39. The summed E-state index contributed by atoms with van der Waals surface area (Å²) in [4.78, 5) is 18.5. The van der Waals surface area contributed by atoms with E-state index in [1.807, 2.05) is 13.1 Å². The first-order chi connectivity index (χ1) is 15.2. The highest BCUT2D eigenvalue weighted by Gasteiger charge is 2.27. The van der Waals surface area contributed by atoms with Gasteiger partial charge in [0, 0.05) is 24.7 Å². The molecule has 2 atom stereocenters. The van der Waals surface area contributed by atoms with Crippen molar-refractivity contribution in [3.05, 3.63) is 54.5 Å². The number of nitrogens with one attached hydrogen (secondary N) is 2. The van der Waals surface area contributed by atoms with E-state index in [4.69, 9.17) is 4.84 Å². The Morgan fingerprint density at radius 1 is 1.13 bits per heavy atom. The molecule has 0 amide bonds. The molecule has 2 N–H and O–H groups in total. The van der Waals surface area contributed by atoms with E-state index in [1.165, 1.54) is 36.6 Å². The van der Waals surface area contributed by atoms with Crippen molar-refractivity contribution in [1.82, 2.24) is 19.5 Å². The van der Waals surface area contributed by atoms with E-state index in [-0.39, 0.29) is 0 Å². The Morgan fingerprint density at radius 2 is 2.03 bits per heavy atom. The molecule has 31 heavy (non-hydrogen) atoms. The zero-order chi connectivity index (χ0) is 21.2. The van der Waals surface area contributed by atoms with Crippen LogP contribution >= 0.6 is 0 Å². The fourth-order valence-electron chi connectivity index (χ4n) is 4.84. The van der Waals surface area contributed by atoms with Crippen molar-refractivity contribution in [2.75, 3.05) is 25.0 Å². The second-order valence-corrected chi connectivity index (χ2v) is 8.33. The average Bonchev–Trinajstić information content (AvgIpc) is 3.44. The standard InChI is InChI=1S/C24H28N6O/c1-25-22-10-8-18-7-5-17(14-21(18)28-22)4-3-16-6-9-19(13-16)30-12-11-20-23(29-31-2)26-15-27-24(20)30/h5,7-8,10-12,14-16,19H,3-4,6,9,13H2,1-2H3,(H,25,28)(H,26,27,29). The number of fused-ring (bicyclic) bond motifs is 2. The van der Waals surface area contributed by atoms with Gasteiger partial charge in [-0.1, -0.05) is 12.1 Å². The number of aromatic nitrogens is 4. The van der Waals surface area contributed by atoms with Gasteiger partial charge in [-0.15, -0.1) is 0 Å². The lowest BCUT2D eigenvalue weighted by atomic mass is 9.97. The van der Waals surface area contributed by atoms with Gasteiger partial charge in [-0.3, -0.25) is 4.84 Å². The molecule has 1 aromatic carbocycles. The average molecular weight is 417 g/mol. The van der Waals surface area contributed by atoms with Crippen LogP contribution in [0, 0.1) is 5.92 Å². The lowest BCUT2D eigenvalue weighted by Gasteiger charge is -2.15. The van der Waals surface area contributed by atoms with Gasteiger partial charge in [0.1, 0.15) is 17.8 Å². The Bertz CT molecular complexity index is 1200. The summed E-state index contributed by atoms with van der Waals surface area (Å²) in [5.41, 5.74) is 6.25. The monoisotopic (exact) mass is 416 g/mol. The minimum absolute atomic E-state index is 0.490. The predicted molar refractivity (Wildman–Crippen MR) is 124 cm³/mol. The van der Waals surface area contributed by atoms with Gasteiger partial charge < -0.3 is 9.88 Å². The van der Waals surface area contributed by atoms with Crippen LogP contribution in [-0.2, 0) is 11.3 Å². The minimum atomic E-state index is 0.490. The van der Waals surface area contributed by atoms with Crippen LogP contribution in [0.4, 0.5) is 11.6 Å². The van der Waals surface area contributed by atoms with Crippen molar-refractivity contribution in [2.24, 2.45) is 5.92 Å². The maximum atomic E-state index is 5.04. The molecule has 0 radical (unpaired) electrons. The third kappa shape index (κ3) is 3.93. The van der Waals surface area contributed by atoms with Crippen LogP contribution in [-0.4, -0.2) is 33.7 Å². The van der Waals surface area contributed by atoms with Crippen LogP contribution in [0.3, 0.4) is 0 Å². The van der Waals surface area contributed by atoms with E-state index >= 15 is 0 Å². The topological polar surface area (TPSA) is 76.9 Å². The molecule has 160 valence electrons. The zero-order valence-corrected chi connectivity index (χ0v) is 18.0. The van der Waals surface area contributed by atoms with E-state index < -0.39 is 0 Å². The van der Waals surface area contributed by atoms with Gasteiger partial charge in [-0.2, -0.15) is 0 Å². The summed E-state index contributed by atoms with van der Waals surface area (Å²) >= 11 is 0. The van der Waals surface area contributed by atoms with Gasteiger partial charge in [0.25, 0.3) is 0 Å². The van der Waals surface area contributed by atoms with Crippen LogP contribution in [0.1, 0.15) is 37.3 Å². The summed E-state index contributed by atoms with van der Waals surface area (Å²) in [6.07, 6.45) is 9.68. The van der Waals surface area contributed by atoms with E-state index in [0.717, 1.165) is 34.7 Å². The van der Waals surface area contributed by atoms with Crippen molar-refractivity contribution in [3.8, 4) is 0 Å². The molecule has 1 fully saturated rings. The molecule has 7 nitrogen and oxygen atoms in total. The highest BCUT2D eigenvalue weighted by molar-refractivity contribution is 5.87. The molecule has 3 aromatic heterocycles. The molecule has 3 heterocycles. The first-order valence-corrected chi connectivity index (χ1v) is 10.9. The van der Waals surface area contributed by atoms with Crippen molar-refractivity contribution >= 4 is 33.6 Å². The van der Waals surface area contributed by atoms with Gasteiger partial charge in [-0.05, 0) is 67.9 Å². The Labute approximate surface area is 181 Å². The molecule has 0 bridgehead atoms. The fraction of sp³-hybridized carbons (Fsp3) is 0.375. The summed E-state index contributed by atoms with van der Waals surface area (Å²) in [6, 6.07) is 13.4. The Morgan fingerprint density at radius 3 is 2.90 bits per heavy atom. The van der Waals surface area contributed by atoms with Crippen molar-refractivity contribution in [2.45, 2.75) is 38.1 Å². The lowest BCUT2D eigenvalue weighted by Crippen LogP contribution is -2.06. The minimum Gasteiger partial charge on any atom is -0.373 e. The van der Waals surface area contributed by atoms with E-state index in [9.17, 15) is 0 Å². The summed E-state index contributed by atoms with van der Waals surface area (Å²) in [7, 11) is 3.50. The normalized spacial score (nSPS) is 18.6. The van der Waals surface area contributed by atoms with Crippen LogP contribution < -0.4 is 10.8 Å². The van der Waals surface area contributed by atoms with Gasteiger partial charge in [0.15, 0.2) is 5.82 Å². The molecular weight excluding hydrogens is 388 g/mol. The fourth-order valence-corrected chi connectivity index (χ4v) is 4.84. The SMILES string of the molecule is CNc1ccc2ccc(CCC3CCC(n4ccc5c(NOC)ncnc54)C3)cc2n1. The summed E-state index contributed by atoms with van der Waals surface area (Å²) in [5, 5.41) is 5.31. The van der Waals surface area contributed by atoms with Gasteiger partial charge in [-0.25, -0.2) is 20.4 Å². The van der Waals surface area contributed by atoms with Gasteiger partial charge in [0.2, 0.25) is 0 Å². The molecule has 1 saturated carbocycles. The third-order valence-electron chi connectivity index (χ3n) is 6.47. The predicted octanol–water partition coefficient (Wildman–Crippen LogP) is 4.97. The summed E-state index contributed by atoms with van der Waals surface area (Å²) in [6.45, 7) is 0. The second kappa shape index (κ2) is 8.51. The molecule has 5 rings (SSSR count). The maximum absolute atomic E-state index is 5.04. The van der Waals surface area contributed by atoms with Crippen LogP contribution in [0.2, 0.25) is 0 Å². The molecule has 1 aliphatic carbocycles. The molecule has 2 unspecified atom stereocenters. The van der Waals surface area contributed by atoms with E-state index in [1.54, 1.807) is 13.4 Å². The number of aryl methyl sites for hydroxylation is 1. The molecule has 0 aliphatic heterocycles. The lowest BCUT2D eigenvalue weighted by molar-refractivity contribution is 0.269. The second-order valence-electron chi connectivity index (χ2n) is 8.33. The Hall–Kier alpha value is -3.19. The van der Waals surface area contributed by atoms with Crippen molar-refractivity contribution in [1.29, 1.82) is 0 Å². The number of anilines is 2. The molecule has 1 aliphatic rings. The zero-order valence-electron chi connectivity index (χ0n) is 18.0. The number of benzene rings is 1. The Kier molecular flexibility index (Phi) is 5.42. The van der Waals surface area contributed by atoms with Crippen LogP contribution in [0.25, 0.3) is 21.9 Å². The molecule has 0 spiro atoms. The van der Waals surface area contributed by atoms with E-state index in [2.05, 4.69) is 66.8 Å². The van der Waals surface area contributed by atoms with Crippen LogP contribution in [0.15, 0.2) is 48.9 Å². The van der Waals surface area contributed by atoms with Crippen molar-refractivity contribution < 1.29 is 4.84 Å². The van der Waals surface area contributed by atoms with Crippen LogP contribution in [0.5, 0.6) is 0 Å². The summed E-state index contributed by atoms with van der Waals surface area (Å²) < 4.78 is 2.32. The molecule has 0 saturated heterocycles. The number of pyridine rings is 1. The quantitative estimate of drug-likeness (QED) is 0.414. The van der Waals surface area contributed by atoms with E-state index in [0.29, 0.717) is 11.9 Å². The highest BCUT2D eigenvalue weighted by atomic mass is 16.6.